The minimum atomic E-state index is -0.401. The van der Waals surface area contributed by atoms with Gasteiger partial charge in [0.2, 0.25) is 0 Å². The van der Waals surface area contributed by atoms with Gasteiger partial charge < -0.3 is 9.84 Å². The molecule has 1 atom stereocenters. The van der Waals surface area contributed by atoms with E-state index in [1.165, 1.54) is 29.5 Å². The van der Waals surface area contributed by atoms with E-state index >= 15 is 0 Å². The highest BCUT2D eigenvalue weighted by Crippen LogP contribution is 2.50. The molecule has 5 rings (SSSR count). The summed E-state index contributed by atoms with van der Waals surface area (Å²) in [5.41, 5.74) is 6.43. The maximum atomic E-state index is 12.1. The van der Waals surface area contributed by atoms with Crippen molar-refractivity contribution >= 4 is 11.4 Å². The van der Waals surface area contributed by atoms with Crippen LogP contribution in [0, 0.1) is 0 Å². The molecule has 2 aromatic carbocycles. The van der Waals surface area contributed by atoms with Crippen molar-refractivity contribution in [2.45, 2.75) is 69.8 Å². The van der Waals surface area contributed by atoms with Crippen molar-refractivity contribution in [3.63, 3.8) is 0 Å². The third kappa shape index (κ3) is 2.86. The van der Waals surface area contributed by atoms with Crippen molar-refractivity contribution in [1.82, 2.24) is 0 Å². The molecule has 3 nitrogen and oxygen atoms in total. The molecular weight excluding hydrogens is 372 g/mol. The number of ether oxygens (including phenoxy) is 1. The molecule has 2 aromatic rings. The van der Waals surface area contributed by atoms with E-state index in [0.29, 0.717) is 25.0 Å². The molecule has 1 fully saturated rings. The second-order valence-corrected chi connectivity index (χ2v) is 10.5. The summed E-state index contributed by atoms with van der Waals surface area (Å²) in [7, 11) is 0. The fourth-order valence-electron chi connectivity index (χ4n) is 5.29. The maximum Gasteiger partial charge on any atom is 0.167 e. The number of benzene rings is 2. The van der Waals surface area contributed by atoms with Crippen LogP contribution >= 0.6 is 0 Å². The van der Waals surface area contributed by atoms with Gasteiger partial charge in [-0.3, -0.25) is 4.79 Å². The number of aliphatic hydroxyl groups excluding tert-OH is 1. The molecule has 3 heteroatoms. The Labute approximate surface area is 178 Å². The molecule has 2 aliphatic carbocycles. The molecule has 0 radical (unpaired) electrons. The van der Waals surface area contributed by atoms with Gasteiger partial charge in [0.25, 0.3) is 0 Å². The zero-order valence-corrected chi connectivity index (χ0v) is 18.3. The Morgan fingerprint density at radius 2 is 1.43 bits per heavy atom. The first-order chi connectivity index (χ1) is 14.1. The predicted octanol–water partition coefficient (Wildman–Crippen LogP) is 5.94. The van der Waals surface area contributed by atoms with E-state index in [-0.39, 0.29) is 22.4 Å². The summed E-state index contributed by atoms with van der Waals surface area (Å²) >= 11 is 0. The molecule has 0 bridgehead atoms. The summed E-state index contributed by atoms with van der Waals surface area (Å²) in [5, 5.41) is 10.1. The lowest BCUT2D eigenvalue weighted by molar-refractivity contribution is -0.113. The molecule has 156 valence electrons. The highest BCUT2D eigenvalue weighted by atomic mass is 16.6. The summed E-state index contributed by atoms with van der Waals surface area (Å²) in [6.07, 6.45) is 3.24. The molecule has 1 heterocycles. The number of hydrogen-bond acceptors (Lipinski definition) is 3. The van der Waals surface area contributed by atoms with Gasteiger partial charge in [-0.1, -0.05) is 70.2 Å². The second-order valence-electron chi connectivity index (χ2n) is 10.5. The number of fused-ring (bicyclic) bond motifs is 1. The molecule has 3 aliphatic rings. The SMILES string of the molecule is CC1(C)CCC(C)(C)c2cc(C3(c4ccc(C5=C(O)CCC5=O)cc4)CO3)ccc21. The van der Waals surface area contributed by atoms with Crippen LogP contribution in [0.3, 0.4) is 0 Å². The highest BCUT2D eigenvalue weighted by Gasteiger charge is 2.49. The van der Waals surface area contributed by atoms with Crippen LogP contribution in [0.15, 0.2) is 48.2 Å². The summed E-state index contributed by atoms with van der Waals surface area (Å²) in [5.74, 6) is 0.238. The molecule has 0 spiro atoms. The minimum absolute atomic E-state index is 0.0252. The quantitative estimate of drug-likeness (QED) is 0.646. The Morgan fingerprint density at radius 1 is 0.833 bits per heavy atom. The normalized spacial score (nSPS) is 26.6. The number of rotatable bonds is 3. The molecule has 0 saturated carbocycles. The standard InChI is InChI=1S/C27H30O3/c1-25(2)13-14-26(3,4)21-15-19(9-10-20(21)25)27(16-30-27)18-7-5-17(6-8-18)24-22(28)11-12-23(24)29/h5-10,15,28H,11-14,16H2,1-4H3. The first-order valence-electron chi connectivity index (χ1n) is 11.0. The van der Waals surface area contributed by atoms with Gasteiger partial charge in [-0.25, -0.2) is 0 Å². The fraction of sp³-hybridized carbons (Fsp3) is 0.444. The van der Waals surface area contributed by atoms with Gasteiger partial charge in [0.15, 0.2) is 5.78 Å². The van der Waals surface area contributed by atoms with Crippen LogP contribution in [0.25, 0.3) is 5.57 Å². The summed E-state index contributed by atoms with van der Waals surface area (Å²) in [6, 6.07) is 14.9. The van der Waals surface area contributed by atoms with Crippen LogP contribution in [0.1, 0.15) is 81.2 Å². The molecular formula is C27H30O3. The van der Waals surface area contributed by atoms with Gasteiger partial charge in [-0.2, -0.15) is 0 Å². The first kappa shape index (κ1) is 19.6. The van der Waals surface area contributed by atoms with E-state index < -0.39 is 5.60 Å². The molecule has 1 N–H and O–H groups in total. The number of carbonyl (C=O) groups is 1. The molecule has 0 amide bonds. The molecule has 0 aromatic heterocycles. The number of hydrogen-bond donors (Lipinski definition) is 1. The Hall–Kier alpha value is -2.39. The zero-order chi connectivity index (χ0) is 21.3. The third-order valence-corrected chi connectivity index (χ3v) is 7.55. The van der Waals surface area contributed by atoms with E-state index in [1.54, 1.807) is 0 Å². The van der Waals surface area contributed by atoms with Crippen LogP contribution in [-0.4, -0.2) is 17.5 Å². The van der Waals surface area contributed by atoms with E-state index in [1.807, 2.05) is 24.3 Å². The van der Waals surface area contributed by atoms with Crippen molar-refractivity contribution in [2.75, 3.05) is 6.61 Å². The Kier molecular flexibility index (Phi) is 4.11. The minimum Gasteiger partial charge on any atom is -0.512 e. The van der Waals surface area contributed by atoms with Gasteiger partial charge >= 0.3 is 0 Å². The van der Waals surface area contributed by atoms with Crippen molar-refractivity contribution in [3.05, 3.63) is 76.0 Å². The van der Waals surface area contributed by atoms with Crippen molar-refractivity contribution in [2.24, 2.45) is 0 Å². The Bertz CT molecular complexity index is 1070. The van der Waals surface area contributed by atoms with Crippen molar-refractivity contribution < 1.29 is 14.6 Å². The van der Waals surface area contributed by atoms with Crippen LogP contribution in [0.2, 0.25) is 0 Å². The topological polar surface area (TPSA) is 49.8 Å². The number of aliphatic hydroxyl groups is 1. The first-order valence-corrected chi connectivity index (χ1v) is 11.0. The summed E-state index contributed by atoms with van der Waals surface area (Å²) < 4.78 is 6.06. The lowest BCUT2D eigenvalue weighted by Crippen LogP contribution is -2.34. The van der Waals surface area contributed by atoms with Crippen molar-refractivity contribution in [3.8, 4) is 0 Å². The number of epoxide rings is 1. The average Bonchev–Trinajstić information content (AvgIpc) is 3.46. The lowest BCUT2D eigenvalue weighted by atomic mass is 9.62. The van der Waals surface area contributed by atoms with Crippen LogP contribution in [0.4, 0.5) is 0 Å². The van der Waals surface area contributed by atoms with E-state index in [0.717, 1.165) is 11.1 Å². The summed E-state index contributed by atoms with van der Waals surface area (Å²) in [4.78, 5) is 12.1. The van der Waals surface area contributed by atoms with Crippen molar-refractivity contribution in [1.29, 1.82) is 0 Å². The zero-order valence-electron chi connectivity index (χ0n) is 18.3. The average molecular weight is 403 g/mol. The lowest BCUT2D eigenvalue weighted by Gasteiger charge is -2.42. The Balaban J connectivity index is 1.53. The molecule has 1 unspecified atom stereocenters. The Morgan fingerprint density at radius 3 is 2.00 bits per heavy atom. The van der Waals surface area contributed by atoms with Crippen LogP contribution < -0.4 is 0 Å². The maximum absolute atomic E-state index is 12.1. The molecule has 30 heavy (non-hydrogen) atoms. The van der Waals surface area contributed by atoms with Gasteiger partial charge in [0, 0.05) is 12.8 Å². The number of ketones is 1. The molecule has 1 aliphatic heterocycles. The van der Waals surface area contributed by atoms with E-state index in [2.05, 4.69) is 45.9 Å². The predicted molar refractivity (Wildman–Crippen MR) is 119 cm³/mol. The monoisotopic (exact) mass is 402 g/mol. The van der Waals surface area contributed by atoms with E-state index in [4.69, 9.17) is 4.74 Å². The van der Waals surface area contributed by atoms with Gasteiger partial charge in [0.05, 0.1) is 12.2 Å². The van der Waals surface area contributed by atoms with Crippen LogP contribution in [-0.2, 0) is 26.0 Å². The van der Waals surface area contributed by atoms with Gasteiger partial charge in [0.1, 0.15) is 11.4 Å². The van der Waals surface area contributed by atoms with Gasteiger partial charge in [-0.15, -0.1) is 0 Å². The summed E-state index contributed by atoms with van der Waals surface area (Å²) in [6.45, 7) is 10.0. The van der Waals surface area contributed by atoms with Gasteiger partial charge in [-0.05, 0) is 51.5 Å². The fourth-order valence-corrected chi connectivity index (χ4v) is 5.29. The number of allylic oxidation sites excluding steroid dienone is 2. The largest absolute Gasteiger partial charge is 0.512 e. The number of Topliss-reactive ketones (excluding diaryl/α,β-unsaturated/α-hetero) is 1. The highest BCUT2D eigenvalue weighted by molar-refractivity contribution is 6.23. The van der Waals surface area contributed by atoms with Crippen LogP contribution in [0.5, 0.6) is 0 Å². The smallest absolute Gasteiger partial charge is 0.167 e. The second kappa shape index (κ2) is 6.31. The third-order valence-electron chi connectivity index (χ3n) is 7.55. The molecule has 1 saturated heterocycles. The van der Waals surface area contributed by atoms with E-state index in [9.17, 15) is 9.90 Å². The number of carbonyl (C=O) groups excluding carboxylic acids is 1.